The number of thiophene rings is 1. The van der Waals surface area contributed by atoms with Crippen molar-refractivity contribution in [3.05, 3.63) is 22.4 Å². The number of aliphatic hydroxyl groups is 1. The van der Waals surface area contributed by atoms with Crippen molar-refractivity contribution in [2.45, 2.75) is 70.7 Å². The maximum absolute atomic E-state index is 12.9. The van der Waals surface area contributed by atoms with E-state index in [1.165, 1.54) is 0 Å². The van der Waals surface area contributed by atoms with Crippen molar-refractivity contribution in [2.24, 2.45) is 5.92 Å². The predicted octanol–water partition coefficient (Wildman–Crippen LogP) is 2.82. The zero-order valence-corrected chi connectivity index (χ0v) is 18.8. The second kappa shape index (κ2) is 10.4. The second-order valence-corrected chi connectivity index (χ2v) is 9.58. The fraction of sp³-hybridized carbons (Fsp3) is 0.714. The van der Waals surface area contributed by atoms with Gasteiger partial charge in [0.15, 0.2) is 0 Å². The van der Waals surface area contributed by atoms with Crippen LogP contribution in [-0.2, 0) is 20.7 Å². The van der Waals surface area contributed by atoms with Crippen molar-refractivity contribution in [1.29, 1.82) is 0 Å². The lowest BCUT2D eigenvalue weighted by Gasteiger charge is -2.35. The minimum absolute atomic E-state index is 0.137. The maximum atomic E-state index is 12.9. The molecule has 7 nitrogen and oxygen atoms in total. The van der Waals surface area contributed by atoms with Gasteiger partial charge in [-0.05, 0) is 45.1 Å². The molecule has 2 N–H and O–H groups in total. The van der Waals surface area contributed by atoms with Crippen LogP contribution in [0, 0.1) is 5.92 Å². The molecule has 0 bridgehead atoms. The second-order valence-electron chi connectivity index (χ2n) is 8.54. The highest BCUT2D eigenvalue weighted by atomic mass is 32.1. The van der Waals surface area contributed by atoms with E-state index in [1.807, 2.05) is 38.3 Å². The van der Waals surface area contributed by atoms with Gasteiger partial charge in [-0.3, -0.25) is 4.79 Å². The monoisotopic (exact) mass is 426 g/mol. The quantitative estimate of drug-likeness (QED) is 0.667. The van der Waals surface area contributed by atoms with Crippen molar-refractivity contribution < 1.29 is 24.2 Å². The lowest BCUT2D eigenvalue weighted by molar-refractivity contribution is -0.131. The van der Waals surface area contributed by atoms with Gasteiger partial charge >= 0.3 is 6.09 Å². The Bertz CT molecular complexity index is 659. The third-order valence-electron chi connectivity index (χ3n) is 5.08. The van der Waals surface area contributed by atoms with Crippen molar-refractivity contribution in [3.63, 3.8) is 0 Å². The van der Waals surface area contributed by atoms with Crippen molar-refractivity contribution in [2.75, 3.05) is 20.3 Å². The first-order valence-electron chi connectivity index (χ1n) is 10.1. The highest BCUT2D eigenvalue weighted by Crippen LogP contribution is 2.28. The van der Waals surface area contributed by atoms with Crippen LogP contribution in [0.2, 0.25) is 0 Å². The molecule has 164 valence electrons. The number of likely N-dealkylation sites (tertiary alicyclic amines) is 1. The Hall–Kier alpha value is -1.64. The number of aliphatic hydroxyl groups excluding tert-OH is 1. The largest absolute Gasteiger partial charge is 0.444 e. The van der Waals surface area contributed by atoms with Gasteiger partial charge in [0.05, 0.1) is 30.7 Å². The zero-order chi connectivity index (χ0) is 21.6. The molecule has 0 unspecified atom stereocenters. The Balaban J connectivity index is 2.02. The Labute approximate surface area is 177 Å². The van der Waals surface area contributed by atoms with Crippen LogP contribution < -0.4 is 5.32 Å². The Morgan fingerprint density at radius 1 is 1.41 bits per heavy atom. The number of ether oxygens (including phenoxy) is 2. The molecule has 1 aliphatic heterocycles. The van der Waals surface area contributed by atoms with Crippen LogP contribution in [0.3, 0.4) is 0 Å². The number of hydrogen-bond donors (Lipinski definition) is 2. The summed E-state index contributed by atoms with van der Waals surface area (Å²) in [5, 5.41) is 14.6. The van der Waals surface area contributed by atoms with E-state index in [0.29, 0.717) is 13.0 Å². The van der Waals surface area contributed by atoms with Crippen molar-refractivity contribution in [3.8, 4) is 0 Å². The van der Waals surface area contributed by atoms with E-state index < -0.39 is 17.6 Å². The molecule has 4 atom stereocenters. The van der Waals surface area contributed by atoms with E-state index in [2.05, 4.69) is 5.32 Å². The van der Waals surface area contributed by atoms with E-state index in [1.54, 1.807) is 30.3 Å². The molecule has 2 rings (SSSR count). The molecule has 1 saturated heterocycles. The van der Waals surface area contributed by atoms with Crippen LogP contribution in [0.25, 0.3) is 0 Å². The molecule has 1 aromatic heterocycles. The van der Waals surface area contributed by atoms with E-state index in [-0.39, 0.29) is 30.7 Å². The summed E-state index contributed by atoms with van der Waals surface area (Å²) in [6.45, 7) is 7.76. The summed E-state index contributed by atoms with van der Waals surface area (Å²) in [6.07, 6.45) is 1.35. The van der Waals surface area contributed by atoms with E-state index in [0.717, 1.165) is 17.7 Å². The van der Waals surface area contributed by atoms with Crippen LogP contribution in [0.4, 0.5) is 4.79 Å². The van der Waals surface area contributed by atoms with Crippen LogP contribution in [0.15, 0.2) is 17.5 Å². The fourth-order valence-corrected chi connectivity index (χ4v) is 4.48. The summed E-state index contributed by atoms with van der Waals surface area (Å²) in [4.78, 5) is 28.3. The van der Waals surface area contributed by atoms with Crippen LogP contribution in [-0.4, -0.2) is 66.1 Å². The molecule has 1 fully saturated rings. The Morgan fingerprint density at radius 2 is 2.14 bits per heavy atom. The Kier molecular flexibility index (Phi) is 8.48. The third kappa shape index (κ3) is 6.69. The van der Waals surface area contributed by atoms with Crippen LogP contribution >= 0.6 is 11.3 Å². The number of carbonyl (C=O) groups excluding carboxylic acids is 2. The van der Waals surface area contributed by atoms with Gasteiger partial charge in [-0.2, -0.15) is 0 Å². The number of rotatable bonds is 8. The summed E-state index contributed by atoms with van der Waals surface area (Å²) in [5.74, 6) is -0.672. The van der Waals surface area contributed by atoms with E-state index in [4.69, 9.17) is 9.47 Å². The molecule has 2 amide bonds. The number of carbonyl (C=O) groups is 2. The first kappa shape index (κ1) is 23.6. The minimum Gasteiger partial charge on any atom is -0.444 e. The van der Waals surface area contributed by atoms with Crippen molar-refractivity contribution >= 4 is 23.3 Å². The number of nitrogens with one attached hydrogen (secondary N) is 1. The summed E-state index contributed by atoms with van der Waals surface area (Å²) in [5.41, 5.74) is -0.577. The predicted molar refractivity (Wildman–Crippen MR) is 113 cm³/mol. The molecule has 29 heavy (non-hydrogen) atoms. The summed E-state index contributed by atoms with van der Waals surface area (Å²) in [6, 6.07) is 3.36. The van der Waals surface area contributed by atoms with Crippen LogP contribution in [0.1, 0.15) is 45.4 Å². The normalized spacial score (nSPS) is 20.2. The van der Waals surface area contributed by atoms with Gasteiger partial charge < -0.3 is 24.8 Å². The van der Waals surface area contributed by atoms with Gasteiger partial charge in [0.25, 0.3) is 0 Å². The first-order chi connectivity index (χ1) is 13.7. The zero-order valence-electron chi connectivity index (χ0n) is 18.0. The maximum Gasteiger partial charge on any atom is 0.410 e. The molecule has 8 heteroatoms. The number of nitrogens with zero attached hydrogens (tertiary/aromatic N) is 1. The topological polar surface area (TPSA) is 88.1 Å². The van der Waals surface area contributed by atoms with E-state index in [9.17, 15) is 14.7 Å². The lowest BCUT2D eigenvalue weighted by atomic mass is 9.94. The van der Waals surface area contributed by atoms with Gasteiger partial charge in [-0.25, -0.2) is 4.79 Å². The van der Waals surface area contributed by atoms with Gasteiger partial charge in [0.2, 0.25) is 5.91 Å². The van der Waals surface area contributed by atoms with Gasteiger partial charge in [-0.15, -0.1) is 11.3 Å². The van der Waals surface area contributed by atoms with Gasteiger partial charge in [-0.1, -0.05) is 13.0 Å². The smallest absolute Gasteiger partial charge is 0.410 e. The molecular weight excluding hydrogens is 392 g/mol. The molecular formula is C21H34N2O5S. The molecule has 0 radical (unpaired) electrons. The Morgan fingerprint density at radius 3 is 2.69 bits per heavy atom. The number of amides is 2. The molecule has 1 aliphatic rings. The third-order valence-corrected chi connectivity index (χ3v) is 5.98. The standard InChI is InChI=1S/C21H34N2O5S/c1-14(19(25)22-15(13-24)12-16-8-7-11-29-16)18(27-5)17-9-6-10-23(17)20(26)28-21(2,3)4/h7-8,11,14-15,17-18,24H,6,9-10,12-13H2,1-5H3,(H,22,25)/t14-,15+,17+,18-/m1/s1. The van der Waals surface area contributed by atoms with E-state index >= 15 is 0 Å². The number of methoxy groups -OCH3 is 1. The lowest BCUT2D eigenvalue weighted by Crippen LogP contribution is -2.52. The minimum atomic E-state index is -0.577. The SMILES string of the molecule is CO[C@H]([C@@H](C)C(=O)N[C@H](CO)Cc1cccs1)[C@@H]1CCCN1C(=O)OC(C)(C)C. The highest BCUT2D eigenvalue weighted by Gasteiger charge is 2.41. The molecule has 0 spiro atoms. The molecule has 0 aliphatic carbocycles. The number of hydrogen-bond acceptors (Lipinski definition) is 6. The van der Waals surface area contributed by atoms with Gasteiger partial charge in [0.1, 0.15) is 5.60 Å². The average molecular weight is 427 g/mol. The summed E-state index contributed by atoms with van der Waals surface area (Å²) < 4.78 is 11.2. The summed E-state index contributed by atoms with van der Waals surface area (Å²) in [7, 11) is 1.56. The summed E-state index contributed by atoms with van der Waals surface area (Å²) >= 11 is 1.60. The molecule has 0 aromatic carbocycles. The molecule has 2 heterocycles. The highest BCUT2D eigenvalue weighted by molar-refractivity contribution is 7.09. The molecule has 0 saturated carbocycles. The van der Waals surface area contributed by atoms with Gasteiger partial charge in [0, 0.05) is 25.0 Å². The first-order valence-corrected chi connectivity index (χ1v) is 11.0. The fourth-order valence-electron chi connectivity index (χ4n) is 3.69. The average Bonchev–Trinajstić information content (AvgIpc) is 3.32. The van der Waals surface area contributed by atoms with Crippen molar-refractivity contribution in [1.82, 2.24) is 10.2 Å². The van der Waals surface area contributed by atoms with Crippen LogP contribution in [0.5, 0.6) is 0 Å². The molecule has 1 aromatic rings.